The van der Waals surface area contributed by atoms with Crippen molar-refractivity contribution in [1.29, 1.82) is 0 Å². The van der Waals surface area contributed by atoms with Gasteiger partial charge >= 0.3 is 11.2 Å². The van der Waals surface area contributed by atoms with Crippen molar-refractivity contribution >= 4 is 21.0 Å². The van der Waals surface area contributed by atoms with Crippen LogP contribution in [0, 0.1) is 0 Å². The Bertz CT molecular complexity index is 656. The van der Waals surface area contributed by atoms with Crippen LogP contribution in [0.5, 0.6) is 11.5 Å². The summed E-state index contributed by atoms with van der Waals surface area (Å²) in [6.45, 7) is 0. The van der Waals surface area contributed by atoms with Crippen LogP contribution >= 0.6 is 0 Å². The number of carboxylic acid groups (broad SMARTS) is 1. The largest absolute Gasteiger partial charge is 0.508 e. The van der Waals surface area contributed by atoms with E-state index in [-0.39, 0.29) is 11.5 Å². The van der Waals surface area contributed by atoms with Gasteiger partial charge in [-0.15, -0.1) is 0 Å². The van der Waals surface area contributed by atoms with Gasteiger partial charge in [0, 0.05) is 0 Å². The number of carboxylic acids is 1. The maximum absolute atomic E-state index is 11.5. The van der Waals surface area contributed by atoms with Crippen LogP contribution in [0.25, 0.3) is 0 Å². The van der Waals surface area contributed by atoms with Crippen molar-refractivity contribution in [1.82, 2.24) is 0 Å². The minimum Gasteiger partial charge on any atom is -0.508 e. The molecule has 0 unspecified atom stereocenters. The van der Waals surface area contributed by atoms with Gasteiger partial charge in [-0.3, -0.25) is 0 Å². The molecule has 0 saturated carbocycles. The van der Waals surface area contributed by atoms with Crippen molar-refractivity contribution in [3.8, 4) is 11.5 Å². The summed E-state index contributed by atoms with van der Waals surface area (Å²) in [5, 5.41) is 17.5. The van der Waals surface area contributed by atoms with Gasteiger partial charge in [0.25, 0.3) is 9.84 Å². The molecular weight excluding hydrogens is 262 g/mol. The zero-order valence-corrected chi connectivity index (χ0v) is 9.59. The van der Waals surface area contributed by atoms with Gasteiger partial charge in [0.2, 0.25) is 0 Å². The molecule has 1 aliphatic rings. The zero-order valence-electron chi connectivity index (χ0n) is 8.77. The Hall–Kier alpha value is -2.35. The Kier molecular flexibility index (Phi) is 2.79. The summed E-state index contributed by atoms with van der Waals surface area (Å²) in [4.78, 5) is 14.0. The van der Waals surface area contributed by atoms with Crippen LogP contribution < -0.4 is 4.74 Å². The average Bonchev–Trinajstić information content (AvgIpc) is 2.58. The molecule has 0 saturated heterocycles. The second-order valence-corrected chi connectivity index (χ2v) is 5.00. The van der Waals surface area contributed by atoms with E-state index < -0.39 is 26.7 Å². The fraction of sp³-hybridized carbons (Fsp3) is 0. The number of ether oxygens (including phenoxy) is 1. The number of aliphatic imine (C=N–C) groups is 1. The lowest BCUT2D eigenvalue weighted by molar-refractivity contribution is -0.132. The Morgan fingerprint density at radius 1 is 1.22 bits per heavy atom. The van der Waals surface area contributed by atoms with Gasteiger partial charge in [0.05, 0.1) is 5.41 Å². The number of aliphatic carboxylic acids is 1. The summed E-state index contributed by atoms with van der Waals surface area (Å²) in [5.74, 6) is -1.35. The van der Waals surface area contributed by atoms with Gasteiger partial charge in [0.1, 0.15) is 11.5 Å². The molecule has 0 radical (unpaired) electrons. The van der Waals surface area contributed by atoms with Crippen molar-refractivity contribution in [3.05, 3.63) is 35.4 Å². The SMILES string of the molecule is O=C(O)C1=CS(=O)(=O)C(Oc2ccc(O)cc2)=N1. The van der Waals surface area contributed by atoms with E-state index in [2.05, 4.69) is 4.99 Å². The first kappa shape index (κ1) is 12.1. The van der Waals surface area contributed by atoms with E-state index in [9.17, 15) is 13.2 Å². The second kappa shape index (κ2) is 4.15. The van der Waals surface area contributed by atoms with Crippen molar-refractivity contribution in [2.45, 2.75) is 0 Å². The van der Waals surface area contributed by atoms with Crippen LogP contribution in [0.4, 0.5) is 0 Å². The van der Waals surface area contributed by atoms with Gasteiger partial charge in [-0.05, 0) is 24.3 Å². The third kappa shape index (κ3) is 2.33. The highest BCUT2D eigenvalue weighted by Gasteiger charge is 2.30. The molecule has 94 valence electrons. The molecule has 1 heterocycles. The van der Waals surface area contributed by atoms with Gasteiger partial charge in [-0.1, -0.05) is 0 Å². The molecule has 0 aromatic heterocycles. The number of phenols is 1. The maximum atomic E-state index is 11.5. The van der Waals surface area contributed by atoms with Crippen LogP contribution in [0.3, 0.4) is 0 Å². The topological polar surface area (TPSA) is 113 Å². The normalized spacial score (nSPS) is 16.9. The summed E-state index contributed by atoms with van der Waals surface area (Å²) in [6.07, 6.45) is 0. The summed E-state index contributed by atoms with van der Waals surface area (Å²) < 4.78 is 28.0. The number of aromatic hydroxyl groups is 1. The maximum Gasteiger partial charge on any atom is 0.355 e. The smallest absolute Gasteiger partial charge is 0.355 e. The fourth-order valence-corrected chi connectivity index (χ4v) is 2.17. The Balaban J connectivity index is 2.28. The van der Waals surface area contributed by atoms with Gasteiger partial charge < -0.3 is 14.9 Å². The van der Waals surface area contributed by atoms with E-state index in [1.165, 1.54) is 24.3 Å². The Labute approximate surface area is 102 Å². The third-order valence-corrected chi connectivity index (χ3v) is 3.18. The van der Waals surface area contributed by atoms with E-state index in [0.717, 1.165) is 0 Å². The molecule has 0 fully saturated rings. The molecule has 0 amide bonds. The molecule has 18 heavy (non-hydrogen) atoms. The highest BCUT2D eigenvalue weighted by Crippen LogP contribution is 2.21. The molecule has 8 heteroatoms. The number of phenolic OH excluding ortho intramolecular Hbond substituents is 1. The van der Waals surface area contributed by atoms with E-state index >= 15 is 0 Å². The Morgan fingerprint density at radius 3 is 2.33 bits per heavy atom. The van der Waals surface area contributed by atoms with E-state index in [1.807, 2.05) is 0 Å². The lowest BCUT2D eigenvalue weighted by Gasteiger charge is -2.03. The molecule has 1 aliphatic heterocycles. The number of carbonyl (C=O) groups is 1. The van der Waals surface area contributed by atoms with Crippen molar-refractivity contribution in [2.24, 2.45) is 4.99 Å². The highest BCUT2D eigenvalue weighted by atomic mass is 32.2. The molecule has 1 aromatic carbocycles. The van der Waals surface area contributed by atoms with Crippen LogP contribution in [-0.2, 0) is 14.6 Å². The van der Waals surface area contributed by atoms with E-state index in [0.29, 0.717) is 5.41 Å². The predicted molar refractivity (Wildman–Crippen MR) is 60.8 cm³/mol. The van der Waals surface area contributed by atoms with Crippen LogP contribution in [0.15, 0.2) is 40.4 Å². The number of nitrogens with zero attached hydrogens (tertiary/aromatic N) is 1. The minimum atomic E-state index is -3.97. The second-order valence-electron chi connectivity index (χ2n) is 3.33. The van der Waals surface area contributed by atoms with E-state index in [4.69, 9.17) is 14.9 Å². The molecule has 1 aromatic rings. The summed E-state index contributed by atoms with van der Waals surface area (Å²) in [6, 6.07) is 5.24. The standard InChI is InChI=1S/C10H7NO6S/c12-6-1-3-7(4-2-6)17-10-11-8(9(13)14)5-18(10,15)16/h1-5,12H,(H,13,14). The van der Waals surface area contributed by atoms with Crippen LogP contribution in [0.2, 0.25) is 0 Å². The summed E-state index contributed by atoms with van der Waals surface area (Å²) in [7, 11) is -3.97. The first-order chi connectivity index (χ1) is 8.38. The minimum absolute atomic E-state index is 0.0112. The van der Waals surface area contributed by atoms with Crippen molar-refractivity contribution in [3.63, 3.8) is 0 Å². The summed E-state index contributed by atoms with van der Waals surface area (Å²) in [5.41, 5.74) is -0.608. The molecule has 7 nitrogen and oxygen atoms in total. The molecule has 0 atom stereocenters. The van der Waals surface area contributed by atoms with Crippen LogP contribution in [-0.4, -0.2) is 29.8 Å². The zero-order chi connectivity index (χ0) is 13.3. The van der Waals surface area contributed by atoms with Gasteiger partial charge in [0.15, 0.2) is 5.70 Å². The van der Waals surface area contributed by atoms with Crippen molar-refractivity contribution < 1.29 is 28.2 Å². The summed E-state index contributed by atoms with van der Waals surface area (Å²) >= 11 is 0. The molecule has 0 bridgehead atoms. The lowest BCUT2D eigenvalue weighted by atomic mass is 10.3. The predicted octanol–water partition coefficient (Wildman–Crippen LogP) is 0.481. The number of benzene rings is 1. The molecular formula is C10H7NO6S. The number of rotatable bonds is 2. The van der Waals surface area contributed by atoms with E-state index in [1.54, 1.807) is 0 Å². The number of hydrogen-bond donors (Lipinski definition) is 2. The van der Waals surface area contributed by atoms with Gasteiger partial charge in [-0.25, -0.2) is 13.2 Å². The highest BCUT2D eigenvalue weighted by molar-refractivity contribution is 8.08. The first-order valence-corrected chi connectivity index (χ1v) is 6.19. The first-order valence-electron chi connectivity index (χ1n) is 4.64. The number of sulfone groups is 1. The Morgan fingerprint density at radius 2 is 1.83 bits per heavy atom. The third-order valence-electron chi connectivity index (χ3n) is 1.98. The molecule has 0 aliphatic carbocycles. The molecule has 2 N–H and O–H groups in total. The van der Waals surface area contributed by atoms with Crippen LogP contribution in [0.1, 0.15) is 0 Å². The average molecular weight is 269 g/mol. The number of hydrogen-bond acceptors (Lipinski definition) is 6. The van der Waals surface area contributed by atoms with Gasteiger partial charge in [-0.2, -0.15) is 4.99 Å². The quantitative estimate of drug-likeness (QED) is 0.807. The monoisotopic (exact) mass is 269 g/mol. The molecule has 2 rings (SSSR count). The fourth-order valence-electron chi connectivity index (χ4n) is 1.18. The van der Waals surface area contributed by atoms with Crippen molar-refractivity contribution in [2.75, 3.05) is 0 Å². The lowest BCUT2D eigenvalue weighted by Crippen LogP contribution is -2.15. The molecule has 0 spiro atoms.